The molecule has 0 aliphatic carbocycles. The number of carbonyl (C=O) groups is 1. The Balaban J connectivity index is 2.80. The zero-order valence-electron chi connectivity index (χ0n) is 6.06. The van der Waals surface area contributed by atoms with Crippen LogP contribution in [0.5, 0.6) is 0 Å². The summed E-state index contributed by atoms with van der Waals surface area (Å²) in [6.07, 6.45) is 1.47. The van der Waals surface area contributed by atoms with Gasteiger partial charge in [-0.1, -0.05) is 0 Å². The number of rotatable bonds is 0. The van der Waals surface area contributed by atoms with E-state index in [-0.39, 0.29) is 5.91 Å². The van der Waals surface area contributed by atoms with Crippen LogP contribution in [0, 0.1) is 0 Å². The molecule has 0 aromatic heterocycles. The maximum Gasteiger partial charge on any atom is 0.248 e. The maximum atomic E-state index is 10.8. The van der Waals surface area contributed by atoms with Crippen molar-refractivity contribution in [2.45, 2.75) is 19.6 Å². The molecule has 0 radical (unpaired) electrons. The predicted octanol–water partition coefficient (Wildman–Crippen LogP) is -0.758. The summed E-state index contributed by atoms with van der Waals surface area (Å²) in [5, 5.41) is 5.43. The van der Waals surface area contributed by atoms with Gasteiger partial charge in [0.1, 0.15) is 0 Å². The van der Waals surface area contributed by atoms with Gasteiger partial charge in [0.05, 0.1) is 0 Å². The van der Waals surface area contributed by atoms with Crippen molar-refractivity contribution in [2.24, 2.45) is 5.73 Å². The molecule has 0 saturated heterocycles. The molecule has 1 amide bonds. The van der Waals surface area contributed by atoms with E-state index < -0.39 is 5.79 Å². The van der Waals surface area contributed by atoms with E-state index in [1.165, 1.54) is 6.08 Å². The van der Waals surface area contributed by atoms with Crippen LogP contribution in [0.2, 0.25) is 0 Å². The molecule has 4 heteroatoms. The van der Waals surface area contributed by atoms with E-state index >= 15 is 0 Å². The van der Waals surface area contributed by atoms with Crippen LogP contribution < -0.4 is 16.4 Å². The summed E-state index contributed by atoms with van der Waals surface area (Å²) >= 11 is 0. The third kappa shape index (κ3) is 1.48. The molecule has 0 aromatic rings. The fourth-order valence-corrected chi connectivity index (χ4v) is 0.966. The summed E-state index contributed by atoms with van der Waals surface area (Å²) in [6.45, 7) is 3.49. The molecule has 1 aliphatic rings. The molecule has 4 N–H and O–H groups in total. The zero-order valence-corrected chi connectivity index (χ0v) is 6.06. The molecular formula is C6H11N3O. The first kappa shape index (κ1) is 7.08. The fraction of sp³-hybridized carbons (Fsp3) is 0.500. The molecule has 56 valence electrons. The number of nitrogens with one attached hydrogen (secondary N) is 2. The van der Waals surface area contributed by atoms with Crippen molar-refractivity contribution < 1.29 is 4.79 Å². The van der Waals surface area contributed by atoms with Gasteiger partial charge in [-0.05, 0) is 13.8 Å². The average molecular weight is 141 g/mol. The Kier molecular flexibility index (Phi) is 1.40. The number of carbonyl (C=O) groups excluding carboxylic acids is 1. The van der Waals surface area contributed by atoms with E-state index in [1.54, 1.807) is 13.8 Å². The van der Waals surface area contributed by atoms with E-state index in [0.717, 1.165) is 5.70 Å². The van der Waals surface area contributed by atoms with Crippen molar-refractivity contribution >= 4 is 5.91 Å². The second-order valence-corrected chi connectivity index (χ2v) is 2.64. The van der Waals surface area contributed by atoms with Crippen LogP contribution in [0.3, 0.4) is 0 Å². The second kappa shape index (κ2) is 1.98. The van der Waals surface area contributed by atoms with Gasteiger partial charge in [0.25, 0.3) is 0 Å². The van der Waals surface area contributed by atoms with E-state index in [0.29, 0.717) is 0 Å². The van der Waals surface area contributed by atoms with Crippen LogP contribution in [0.15, 0.2) is 11.8 Å². The minimum atomic E-state index is -0.796. The van der Waals surface area contributed by atoms with Crippen LogP contribution >= 0.6 is 0 Å². The summed E-state index contributed by atoms with van der Waals surface area (Å²) in [5.41, 5.74) is 6.36. The van der Waals surface area contributed by atoms with Gasteiger partial charge in [0, 0.05) is 11.8 Å². The first-order valence-electron chi connectivity index (χ1n) is 3.07. The largest absolute Gasteiger partial charge is 0.354 e. The van der Waals surface area contributed by atoms with E-state index in [9.17, 15) is 4.79 Å². The second-order valence-electron chi connectivity index (χ2n) is 2.64. The fourth-order valence-electron chi connectivity index (χ4n) is 0.966. The van der Waals surface area contributed by atoms with Crippen molar-refractivity contribution in [3.05, 3.63) is 11.8 Å². The molecule has 0 aromatic carbocycles. The molecule has 4 nitrogen and oxygen atoms in total. The Labute approximate surface area is 59.5 Å². The van der Waals surface area contributed by atoms with Gasteiger partial charge in [-0.25, -0.2) is 0 Å². The molecule has 1 heterocycles. The molecule has 0 saturated carbocycles. The Hall–Kier alpha value is -1.03. The summed E-state index contributed by atoms with van der Waals surface area (Å²) in [5.74, 6) is -0.947. The standard InChI is InChI=1S/C6H11N3O/c1-4-3-5(10)9-6(2,7)8-4/h3,8H,7H2,1-2H3,(H,9,10). The zero-order chi connectivity index (χ0) is 7.78. The summed E-state index contributed by atoms with van der Waals surface area (Å²) in [4.78, 5) is 10.8. The van der Waals surface area contributed by atoms with Crippen molar-refractivity contribution in [1.29, 1.82) is 0 Å². The maximum absolute atomic E-state index is 10.8. The third-order valence-corrected chi connectivity index (χ3v) is 1.19. The van der Waals surface area contributed by atoms with Crippen LogP contribution in [-0.2, 0) is 4.79 Å². The van der Waals surface area contributed by atoms with Gasteiger partial charge in [-0.3, -0.25) is 10.5 Å². The van der Waals surface area contributed by atoms with Gasteiger partial charge < -0.3 is 10.6 Å². The Morgan fingerprint density at radius 2 is 2.20 bits per heavy atom. The number of allylic oxidation sites excluding steroid dienone is 1. The molecule has 0 spiro atoms. The smallest absolute Gasteiger partial charge is 0.248 e. The summed E-state index contributed by atoms with van der Waals surface area (Å²) in [7, 11) is 0. The third-order valence-electron chi connectivity index (χ3n) is 1.19. The highest BCUT2D eigenvalue weighted by Crippen LogP contribution is 2.00. The van der Waals surface area contributed by atoms with Crippen LogP contribution in [0.1, 0.15) is 13.8 Å². The highest BCUT2D eigenvalue weighted by molar-refractivity contribution is 5.89. The van der Waals surface area contributed by atoms with Crippen LogP contribution in [-0.4, -0.2) is 11.7 Å². The Morgan fingerprint density at radius 1 is 1.60 bits per heavy atom. The van der Waals surface area contributed by atoms with Gasteiger partial charge in [0.15, 0.2) is 5.79 Å². The quantitative estimate of drug-likeness (QED) is 0.415. The van der Waals surface area contributed by atoms with Crippen molar-refractivity contribution in [3.63, 3.8) is 0 Å². The summed E-state index contributed by atoms with van der Waals surface area (Å²) in [6, 6.07) is 0. The van der Waals surface area contributed by atoms with Gasteiger partial charge in [-0.15, -0.1) is 0 Å². The van der Waals surface area contributed by atoms with Gasteiger partial charge in [-0.2, -0.15) is 0 Å². The van der Waals surface area contributed by atoms with Gasteiger partial charge >= 0.3 is 0 Å². The highest BCUT2D eigenvalue weighted by Gasteiger charge is 2.23. The number of amides is 1. The lowest BCUT2D eigenvalue weighted by Gasteiger charge is -2.31. The van der Waals surface area contributed by atoms with Gasteiger partial charge in [0.2, 0.25) is 5.91 Å². The van der Waals surface area contributed by atoms with Crippen molar-refractivity contribution in [3.8, 4) is 0 Å². The lowest BCUT2D eigenvalue weighted by Crippen LogP contribution is -2.64. The minimum Gasteiger partial charge on any atom is -0.354 e. The summed E-state index contributed by atoms with van der Waals surface area (Å²) < 4.78 is 0. The normalized spacial score (nSPS) is 32.3. The van der Waals surface area contributed by atoms with E-state index in [2.05, 4.69) is 10.6 Å². The lowest BCUT2D eigenvalue weighted by atomic mass is 10.2. The molecule has 10 heavy (non-hydrogen) atoms. The number of hydrogen-bond acceptors (Lipinski definition) is 3. The molecule has 0 bridgehead atoms. The molecule has 0 fully saturated rings. The Bertz CT molecular complexity index is 195. The van der Waals surface area contributed by atoms with Crippen LogP contribution in [0.4, 0.5) is 0 Å². The topological polar surface area (TPSA) is 67.2 Å². The molecule has 1 rings (SSSR count). The first-order chi connectivity index (χ1) is 4.49. The van der Waals surface area contributed by atoms with Crippen molar-refractivity contribution in [2.75, 3.05) is 0 Å². The van der Waals surface area contributed by atoms with Crippen LogP contribution in [0.25, 0.3) is 0 Å². The monoisotopic (exact) mass is 141 g/mol. The molecule has 1 unspecified atom stereocenters. The molecular weight excluding hydrogens is 130 g/mol. The SMILES string of the molecule is CC1=CC(=O)NC(C)(N)N1. The van der Waals surface area contributed by atoms with E-state index in [4.69, 9.17) is 5.73 Å². The number of nitrogens with two attached hydrogens (primary N) is 1. The first-order valence-corrected chi connectivity index (χ1v) is 3.07. The highest BCUT2D eigenvalue weighted by atomic mass is 16.2. The van der Waals surface area contributed by atoms with Crippen molar-refractivity contribution in [1.82, 2.24) is 10.6 Å². The molecule has 1 atom stereocenters. The molecule has 1 aliphatic heterocycles. The Morgan fingerprint density at radius 3 is 2.60 bits per heavy atom. The average Bonchev–Trinajstić information content (AvgIpc) is 1.54. The minimum absolute atomic E-state index is 0.152. The lowest BCUT2D eigenvalue weighted by molar-refractivity contribution is -0.119. The van der Waals surface area contributed by atoms with E-state index in [1.807, 2.05) is 0 Å². The number of hydrogen-bond donors (Lipinski definition) is 3. The predicted molar refractivity (Wildman–Crippen MR) is 37.6 cm³/mol.